The van der Waals surface area contributed by atoms with Gasteiger partial charge in [0, 0.05) is 22.8 Å². The molecule has 0 N–H and O–H groups in total. The number of alkyl halides is 1. The van der Waals surface area contributed by atoms with Crippen LogP contribution in [0.5, 0.6) is 0 Å². The predicted octanol–water partition coefficient (Wildman–Crippen LogP) is 3.55. The molecule has 0 saturated heterocycles. The molecule has 1 aliphatic rings. The molecule has 4 heteroatoms. The van der Waals surface area contributed by atoms with Crippen LogP contribution in [-0.4, -0.2) is 34.5 Å². The molecule has 0 bridgehead atoms. The Labute approximate surface area is 121 Å². The molecule has 2 nitrogen and oxygen atoms in total. The molecule has 98 valence electrons. The smallest absolute Gasteiger partial charge is 0.233 e. The largest absolute Gasteiger partial charge is 0.338 e. The minimum absolute atomic E-state index is 0.271. The number of hydrogen-bond acceptors (Lipinski definition) is 2. The molecule has 1 aliphatic carbocycles. The van der Waals surface area contributed by atoms with Crippen LogP contribution < -0.4 is 0 Å². The third kappa shape index (κ3) is 3.75. The minimum atomic E-state index is 0.271. The molecule has 0 aliphatic heterocycles. The van der Waals surface area contributed by atoms with E-state index >= 15 is 0 Å². The van der Waals surface area contributed by atoms with Crippen molar-refractivity contribution in [1.29, 1.82) is 0 Å². The van der Waals surface area contributed by atoms with E-state index in [-0.39, 0.29) is 5.91 Å². The van der Waals surface area contributed by atoms with Crippen molar-refractivity contribution >= 4 is 33.6 Å². The molecule has 1 saturated carbocycles. The van der Waals surface area contributed by atoms with E-state index in [1.54, 1.807) is 11.8 Å². The van der Waals surface area contributed by atoms with Crippen molar-refractivity contribution in [3.63, 3.8) is 0 Å². The van der Waals surface area contributed by atoms with Gasteiger partial charge in [0.15, 0.2) is 0 Å². The van der Waals surface area contributed by atoms with Gasteiger partial charge in [-0.05, 0) is 31.4 Å². The van der Waals surface area contributed by atoms with Crippen molar-refractivity contribution in [1.82, 2.24) is 4.90 Å². The van der Waals surface area contributed by atoms with E-state index in [0.717, 1.165) is 11.9 Å². The second-order valence-electron chi connectivity index (χ2n) is 4.46. The second kappa shape index (κ2) is 7.19. The number of rotatable bonds is 6. The van der Waals surface area contributed by atoms with Crippen molar-refractivity contribution in [3.05, 3.63) is 30.3 Å². The summed E-state index contributed by atoms with van der Waals surface area (Å²) < 4.78 is 0. The van der Waals surface area contributed by atoms with Crippen LogP contribution in [0.25, 0.3) is 0 Å². The lowest BCUT2D eigenvalue weighted by atomic mass is 9.91. The zero-order valence-electron chi connectivity index (χ0n) is 10.3. The standard InChI is InChI=1S/C14H18BrNOS/c15-9-10-16(12-5-4-6-12)14(17)11-18-13-7-2-1-3-8-13/h1-3,7-8,12H,4-6,9-11H2. The maximum atomic E-state index is 12.2. The predicted molar refractivity (Wildman–Crippen MR) is 80.3 cm³/mol. The quantitative estimate of drug-likeness (QED) is 0.588. The Balaban J connectivity index is 1.85. The monoisotopic (exact) mass is 327 g/mol. The van der Waals surface area contributed by atoms with Gasteiger partial charge in [0.05, 0.1) is 5.75 Å². The number of amides is 1. The lowest BCUT2D eigenvalue weighted by Crippen LogP contribution is -2.46. The van der Waals surface area contributed by atoms with E-state index in [1.807, 2.05) is 23.1 Å². The van der Waals surface area contributed by atoms with Crippen LogP contribution in [0.3, 0.4) is 0 Å². The van der Waals surface area contributed by atoms with Crippen molar-refractivity contribution in [2.24, 2.45) is 0 Å². The molecule has 1 aromatic carbocycles. The Bertz CT molecular complexity index is 381. The molecule has 0 unspecified atom stereocenters. The SMILES string of the molecule is O=C(CSc1ccccc1)N(CCBr)C1CCC1. The van der Waals surface area contributed by atoms with Crippen LogP contribution in [0.4, 0.5) is 0 Å². The van der Waals surface area contributed by atoms with Gasteiger partial charge in [0.1, 0.15) is 0 Å². The van der Waals surface area contributed by atoms with Crippen LogP contribution in [0.15, 0.2) is 35.2 Å². The van der Waals surface area contributed by atoms with Gasteiger partial charge in [0.2, 0.25) is 5.91 Å². The molecular formula is C14H18BrNOS. The Morgan fingerprint density at radius 1 is 1.33 bits per heavy atom. The highest BCUT2D eigenvalue weighted by Gasteiger charge is 2.27. The first-order valence-electron chi connectivity index (χ1n) is 6.34. The second-order valence-corrected chi connectivity index (χ2v) is 6.30. The maximum Gasteiger partial charge on any atom is 0.233 e. The van der Waals surface area contributed by atoms with Gasteiger partial charge in [-0.1, -0.05) is 34.1 Å². The fourth-order valence-corrected chi connectivity index (χ4v) is 3.23. The normalized spacial score (nSPS) is 15.2. The molecule has 2 rings (SSSR count). The molecule has 0 radical (unpaired) electrons. The Kier molecular flexibility index (Phi) is 5.57. The first kappa shape index (κ1) is 13.9. The first-order valence-corrected chi connectivity index (χ1v) is 8.45. The summed E-state index contributed by atoms with van der Waals surface area (Å²) in [6, 6.07) is 10.6. The van der Waals surface area contributed by atoms with Crippen LogP contribution in [-0.2, 0) is 4.79 Å². The lowest BCUT2D eigenvalue weighted by Gasteiger charge is -2.37. The molecule has 18 heavy (non-hydrogen) atoms. The third-order valence-corrected chi connectivity index (χ3v) is 4.62. The van der Waals surface area contributed by atoms with Crippen molar-refractivity contribution in [3.8, 4) is 0 Å². The number of benzene rings is 1. The summed E-state index contributed by atoms with van der Waals surface area (Å²) in [7, 11) is 0. The number of carbonyl (C=O) groups is 1. The zero-order valence-corrected chi connectivity index (χ0v) is 12.8. The number of thioether (sulfide) groups is 1. The summed E-state index contributed by atoms with van der Waals surface area (Å²) in [6.45, 7) is 0.832. The van der Waals surface area contributed by atoms with Gasteiger partial charge in [-0.15, -0.1) is 11.8 Å². The van der Waals surface area contributed by atoms with Gasteiger partial charge in [-0.25, -0.2) is 0 Å². The topological polar surface area (TPSA) is 20.3 Å². The molecule has 1 fully saturated rings. The average Bonchev–Trinajstić information content (AvgIpc) is 2.34. The number of hydrogen-bond donors (Lipinski definition) is 0. The molecule has 0 spiro atoms. The Morgan fingerprint density at radius 3 is 2.61 bits per heavy atom. The summed E-state index contributed by atoms with van der Waals surface area (Å²) in [5, 5.41) is 0.866. The van der Waals surface area contributed by atoms with Crippen molar-refractivity contribution in [2.75, 3.05) is 17.6 Å². The summed E-state index contributed by atoms with van der Waals surface area (Å²) in [5.41, 5.74) is 0. The van der Waals surface area contributed by atoms with E-state index in [2.05, 4.69) is 28.1 Å². The maximum absolute atomic E-state index is 12.2. The molecule has 0 heterocycles. The fourth-order valence-electron chi connectivity index (χ4n) is 2.05. The average molecular weight is 328 g/mol. The number of nitrogens with zero attached hydrogens (tertiary/aromatic N) is 1. The van der Waals surface area contributed by atoms with E-state index in [4.69, 9.17) is 0 Å². The first-order chi connectivity index (χ1) is 8.81. The Hall–Kier alpha value is -0.480. The van der Waals surface area contributed by atoms with E-state index in [1.165, 1.54) is 24.2 Å². The fraction of sp³-hybridized carbons (Fsp3) is 0.500. The summed E-state index contributed by atoms with van der Waals surface area (Å²) in [5.74, 6) is 0.820. The van der Waals surface area contributed by atoms with Gasteiger partial charge < -0.3 is 4.90 Å². The molecule has 0 atom stereocenters. The van der Waals surface area contributed by atoms with Crippen LogP contribution in [0, 0.1) is 0 Å². The molecular weight excluding hydrogens is 310 g/mol. The van der Waals surface area contributed by atoms with Gasteiger partial charge in [0.25, 0.3) is 0 Å². The van der Waals surface area contributed by atoms with Gasteiger partial charge >= 0.3 is 0 Å². The van der Waals surface area contributed by atoms with Gasteiger partial charge in [-0.2, -0.15) is 0 Å². The molecule has 1 amide bonds. The van der Waals surface area contributed by atoms with Crippen LogP contribution in [0.2, 0.25) is 0 Å². The number of halogens is 1. The highest BCUT2D eigenvalue weighted by Crippen LogP contribution is 2.26. The zero-order chi connectivity index (χ0) is 12.8. The third-order valence-electron chi connectivity index (χ3n) is 3.27. The Morgan fingerprint density at radius 2 is 2.06 bits per heavy atom. The summed E-state index contributed by atoms with van der Waals surface area (Å²) >= 11 is 5.06. The van der Waals surface area contributed by atoms with E-state index in [0.29, 0.717) is 11.8 Å². The summed E-state index contributed by atoms with van der Waals surface area (Å²) in [6.07, 6.45) is 3.62. The number of carbonyl (C=O) groups excluding carboxylic acids is 1. The van der Waals surface area contributed by atoms with Crippen molar-refractivity contribution < 1.29 is 4.79 Å². The van der Waals surface area contributed by atoms with E-state index < -0.39 is 0 Å². The molecule has 1 aromatic rings. The summed E-state index contributed by atoms with van der Waals surface area (Å²) in [4.78, 5) is 15.4. The molecule has 0 aromatic heterocycles. The van der Waals surface area contributed by atoms with Crippen LogP contribution >= 0.6 is 27.7 Å². The van der Waals surface area contributed by atoms with Crippen LogP contribution in [0.1, 0.15) is 19.3 Å². The van der Waals surface area contributed by atoms with Crippen molar-refractivity contribution in [2.45, 2.75) is 30.2 Å². The lowest BCUT2D eigenvalue weighted by molar-refractivity contribution is -0.131. The van der Waals surface area contributed by atoms with Gasteiger partial charge in [-0.3, -0.25) is 4.79 Å². The van der Waals surface area contributed by atoms with E-state index in [9.17, 15) is 4.79 Å². The highest BCUT2D eigenvalue weighted by atomic mass is 79.9. The minimum Gasteiger partial charge on any atom is -0.338 e. The highest BCUT2D eigenvalue weighted by molar-refractivity contribution is 9.09.